The summed E-state index contributed by atoms with van der Waals surface area (Å²) in [5.74, 6) is 0.672. The van der Waals surface area contributed by atoms with E-state index in [-0.39, 0.29) is 17.9 Å². The smallest absolute Gasteiger partial charge is 0.267 e. The highest BCUT2D eigenvalue weighted by molar-refractivity contribution is 8.03. The Kier molecular flexibility index (Phi) is 7.71. The minimum atomic E-state index is -0.274. The van der Waals surface area contributed by atoms with Crippen molar-refractivity contribution >= 4 is 29.1 Å². The Balaban J connectivity index is 1.87. The number of methoxy groups -OCH3 is 1. The first-order chi connectivity index (χ1) is 14.5. The van der Waals surface area contributed by atoms with Crippen LogP contribution in [0.5, 0.6) is 5.75 Å². The Hall–Kier alpha value is -2.57. The van der Waals surface area contributed by atoms with Crippen molar-refractivity contribution in [2.75, 3.05) is 20.3 Å². The van der Waals surface area contributed by atoms with Gasteiger partial charge in [0.1, 0.15) is 5.75 Å². The van der Waals surface area contributed by atoms with Crippen molar-refractivity contribution in [1.29, 1.82) is 0 Å². The van der Waals surface area contributed by atoms with Crippen LogP contribution in [-0.2, 0) is 20.1 Å². The van der Waals surface area contributed by atoms with Crippen LogP contribution in [0.2, 0.25) is 0 Å². The molecular formula is C24H27NO4S. The lowest BCUT2D eigenvalue weighted by Gasteiger charge is -2.16. The van der Waals surface area contributed by atoms with E-state index in [9.17, 15) is 9.59 Å². The first-order valence-electron chi connectivity index (χ1n) is 10.0. The lowest BCUT2D eigenvalue weighted by Crippen LogP contribution is -2.33. The molecule has 0 spiro atoms. The molecule has 30 heavy (non-hydrogen) atoms. The summed E-state index contributed by atoms with van der Waals surface area (Å²) < 4.78 is 11.0. The van der Waals surface area contributed by atoms with Gasteiger partial charge in [-0.05, 0) is 31.9 Å². The number of ether oxygens (including phenoxy) is 2. The molecule has 158 valence electrons. The van der Waals surface area contributed by atoms with Gasteiger partial charge in [0.15, 0.2) is 0 Å². The molecule has 0 fully saturated rings. The Bertz CT molecular complexity index is 924. The van der Waals surface area contributed by atoms with E-state index in [0.717, 1.165) is 5.56 Å². The predicted molar refractivity (Wildman–Crippen MR) is 120 cm³/mol. The van der Waals surface area contributed by atoms with Crippen LogP contribution in [0.1, 0.15) is 31.4 Å². The van der Waals surface area contributed by atoms with Crippen molar-refractivity contribution in [3.8, 4) is 5.75 Å². The Morgan fingerprint density at radius 2 is 1.67 bits per heavy atom. The van der Waals surface area contributed by atoms with Gasteiger partial charge >= 0.3 is 0 Å². The lowest BCUT2D eigenvalue weighted by molar-refractivity contribution is -0.136. The van der Waals surface area contributed by atoms with Gasteiger partial charge in [0.05, 0.1) is 23.7 Å². The second-order valence-electron chi connectivity index (χ2n) is 7.21. The van der Waals surface area contributed by atoms with E-state index in [1.54, 1.807) is 13.2 Å². The van der Waals surface area contributed by atoms with Gasteiger partial charge in [0, 0.05) is 24.5 Å². The van der Waals surface area contributed by atoms with Crippen molar-refractivity contribution in [1.82, 2.24) is 4.90 Å². The zero-order chi connectivity index (χ0) is 21.5. The van der Waals surface area contributed by atoms with Crippen LogP contribution < -0.4 is 4.74 Å². The molecule has 1 aliphatic heterocycles. The average Bonchev–Trinajstić information content (AvgIpc) is 2.99. The summed E-state index contributed by atoms with van der Waals surface area (Å²) >= 11 is 1.40. The summed E-state index contributed by atoms with van der Waals surface area (Å²) in [7, 11) is 1.57. The topological polar surface area (TPSA) is 55.8 Å². The van der Waals surface area contributed by atoms with Crippen molar-refractivity contribution in [3.05, 3.63) is 70.6 Å². The zero-order valence-electron chi connectivity index (χ0n) is 17.6. The summed E-state index contributed by atoms with van der Waals surface area (Å²) in [5, 5.41) is 0. The van der Waals surface area contributed by atoms with E-state index in [1.165, 1.54) is 16.7 Å². The number of para-hydroxylation sites is 1. The molecular weight excluding hydrogens is 398 g/mol. The Morgan fingerprint density at radius 1 is 0.967 bits per heavy atom. The number of thioether (sulfide) groups is 1. The molecule has 0 atom stereocenters. The van der Waals surface area contributed by atoms with E-state index in [4.69, 9.17) is 9.47 Å². The van der Waals surface area contributed by atoms with E-state index in [2.05, 4.69) is 0 Å². The minimum Gasteiger partial charge on any atom is -0.496 e. The molecule has 1 aliphatic rings. The van der Waals surface area contributed by atoms with Gasteiger partial charge in [0.25, 0.3) is 11.8 Å². The number of hydrogen-bond donors (Lipinski definition) is 0. The molecule has 0 aliphatic carbocycles. The average molecular weight is 426 g/mol. The minimum absolute atomic E-state index is 0.120. The molecule has 2 aromatic carbocycles. The number of rotatable bonds is 10. The van der Waals surface area contributed by atoms with Crippen LogP contribution in [0.15, 0.2) is 59.5 Å². The van der Waals surface area contributed by atoms with Crippen LogP contribution >= 0.6 is 11.8 Å². The molecule has 0 radical (unpaired) electrons. The molecule has 5 nitrogen and oxygen atoms in total. The maximum Gasteiger partial charge on any atom is 0.267 e. The molecule has 1 heterocycles. The fraction of sp³-hybridized carbons (Fsp3) is 0.333. The van der Waals surface area contributed by atoms with Crippen LogP contribution in [0.4, 0.5) is 0 Å². The molecule has 0 saturated carbocycles. The predicted octanol–water partition coefficient (Wildman–Crippen LogP) is 4.52. The van der Waals surface area contributed by atoms with Crippen LogP contribution in [-0.4, -0.2) is 43.1 Å². The number of amides is 2. The molecule has 0 bridgehead atoms. The fourth-order valence-electron chi connectivity index (χ4n) is 3.25. The Morgan fingerprint density at radius 3 is 2.37 bits per heavy atom. The van der Waals surface area contributed by atoms with Gasteiger partial charge in [-0.25, -0.2) is 0 Å². The summed E-state index contributed by atoms with van der Waals surface area (Å²) in [5.41, 5.74) is 2.16. The SMILES string of the molecule is COc1ccccc1C1=C(SCc2ccccc2)C(=O)N(CCCOC(C)C)C1=O. The highest BCUT2D eigenvalue weighted by atomic mass is 32.2. The zero-order valence-corrected chi connectivity index (χ0v) is 18.4. The second kappa shape index (κ2) is 10.5. The number of benzene rings is 2. The first-order valence-corrected chi connectivity index (χ1v) is 11.0. The molecule has 0 aromatic heterocycles. The number of imide groups is 1. The van der Waals surface area contributed by atoms with E-state index in [0.29, 0.717) is 47.1 Å². The lowest BCUT2D eigenvalue weighted by atomic mass is 10.1. The van der Waals surface area contributed by atoms with Crippen LogP contribution in [0.25, 0.3) is 5.57 Å². The molecule has 2 aromatic rings. The fourth-order valence-corrected chi connectivity index (χ4v) is 4.33. The van der Waals surface area contributed by atoms with Gasteiger partial charge in [-0.3, -0.25) is 14.5 Å². The van der Waals surface area contributed by atoms with Crippen molar-refractivity contribution in [3.63, 3.8) is 0 Å². The normalized spacial score (nSPS) is 14.2. The highest BCUT2D eigenvalue weighted by Crippen LogP contribution is 2.40. The monoisotopic (exact) mass is 425 g/mol. The van der Waals surface area contributed by atoms with Crippen molar-refractivity contribution in [2.45, 2.75) is 32.1 Å². The summed E-state index contributed by atoms with van der Waals surface area (Å²) in [4.78, 5) is 28.3. The largest absolute Gasteiger partial charge is 0.496 e. The van der Waals surface area contributed by atoms with Gasteiger partial charge in [-0.1, -0.05) is 48.5 Å². The van der Waals surface area contributed by atoms with Gasteiger partial charge in [-0.15, -0.1) is 11.8 Å². The molecule has 0 N–H and O–H groups in total. The van der Waals surface area contributed by atoms with E-state index < -0.39 is 0 Å². The third-order valence-corrected chi connectivity index (χ3v) is 5.85. The van der Waals surface area contributed by atoms with Crippen molar-refractivity contribution in [2.24, 2.45) is 0 Å². The first kappa shape index (κ1) is 22.1. The van der Waals surface area contributed by atoms with Crippen LogP contribution in [0.3, 0.4) is 0 Å². The number of carbonyl (C=O) groups excluding carboxylic acids is 2. The Labute approximate surface area is 182 Å². The van der Waals surface area contributed by atoms with Gasteiger partial charge < -0.3 is 9.47 Å². The third kappa shape index (κ3) is 5.12. The maximum absolute atomic E-state index is 13.3. The van der Waals surface area contributed by atoms with Crippen molar-refractivity contribution < 1.29 is 19.1 Å². The third-order valence-electron chi connectivity index (χ3n) is 4.71. The van der Waals surface area contributed by atoms with Gasteiger partial charge in [-0.2, -0.15) is 0 Å². The summed E-state index contributed by atoms with van der Waals surface area (Å²) in [6.07, 6.45) is 0.722. The standard InChI is InChI=1S/C24H27NO4S/c1-17(2)29-15-9-14-25-23(26)21(19-12-7-8-13-20(19)28-3)22(24(25)27)30-16-18-10-5-4-6-11-18/h4-8,10-13,17H,9,14-16H2,1-3H3. The quantitative estimate of drug-likeness (QED) is 0.414. The number of hydrogen-bond acceptors (Lipinski definition) is 5. The molecule has 2 amide bonds. The second-order valence-corrected chi connectivity index (χ2v) is 8.20. The van der Waals surface area contributed by atoms with Crippen LogP contribution in [0, 0.1) is 0 Å². The van der Waals surface area contributed by atoms with Gasteiger partial charge in [0.2, 0.25) is 0 Å². The number of carbonyl (C=O) groups is 2. The molecule has 0 unspecified atom stereocenters. The molecule has 3 rings (SSSR count). The molecule has 6 heteroatoms. The maximum atomic E-state index is 13.3. The summed E-state index contributed by atoms with van der Waals surface area (Å²) in [6, 6.07) is 17.2. The van der Waals surface area contributed by atoms with E-state index >= 15 is 0 Å². The number of nitrogens with zero attached hydrogens (tertiary/aromatic N) is 1. The molecule has 0 saturated heterocycles. The van der Waals surface area contributed by atoms with E-state index in [1.807, 2.05) is 62.4 Å². The highest BCUT2D eigenvalue weighted by Gasteiger charge is 2.39. The summed E-state index contributed by atoms with van der Waals surface area (Å²) in [6.45, 7) is 4.77.